The number of rotatable bonds is 6. The third kappa shape index (κ3) is 21.2. The Morgan fingerprint density at radius 2 is 1.27 bits per heavy atom. The van der Waals surface area contributed by atoms with E-state index >= 15 is 0 Å². The molecule has 0 aromatic carbocycles. The number of aliphatic hydroxyl groups excluding tert-OH is 9. The molecule has 13 N–H and O–H groups in total. The highest BCUT2D eigenvalue weighted by Gasteiger charge is 2.51. The fourth-order valence-corrected chi connectivity index (χ4v) is 8.46. The zero-order chi connectivity index (χ0) is 52.8. The highest BCUT2D eigenvalue weighted by Crippen LogP contribution is 2.38. The van der Waals surface area contributed by atoms with Crippen molar-refractivity contribution in [1.82, 2.24) is 5.32 Å². The SMILES string of the molecule is CCOC(=O)CNC(=O)[C@H]1[C@@H]2C[C@@H](O[C@H]3O[C@@H](C)[C@H](O)[C@@H](N)[C@H]3O)/C=C/C=C\C=C/C=C\C=C/C=C\C=C/[C@H](C)[C@@H](O)[C@@H](C)[C@H](C)OC(=O)C[C@H](O)C[C@H](O)C[C@H](O)CC[C@@H](O)[C@H](O)C[C@](O)(C[C@@H]1O)O2. The second kappa shape index (κ2) is 30.9. The fraction of sp³-hybridized carbons (Fsp3) is 0.667. The van der Waals surface area contributed by atoms with E-state index in [-0.39, 0.29) is 44.6 Å². The van der Waals surface area contributed by atoms with Crippen LogP contribution in [-0.4, -0.2) is 180 Å². The molecule has 2 fully saturated rings. The Balaban J connectivity index is 1.94. The lowest BCUT2D eigenvalue weighted by atomic mass is 9.82. The van der Waals surface area contributed by atoms with E-state index in [4.69, 9.17) is 29.4 Å². The first-order valence-corrected chi connectivity index (χ1v) is 24.5. The normalized spacial score (nSPS) is 42.5. The number of amides is 1. The Bertz CT molecular complexity index is 1840. The van der Waals surface area contributed by atoms with Gasteiger partial charge in [0.25, 0.3) is 0 Å². The van der Waals surface area contributed by atoms with Crippen molar-refractivity contribution in [3.63, 3.8) is 0 Å². The lowest BCUT2D eigenvalue weighted by Crippen LogP contribution is -2.62. The zero-order valence-corrected chi connectivity index (χ0v) is 41.4. The standard InChI is InChI=1S/C51H80N2O18/c1-6-67-43(61)29-53-49(65)44-40(59)28-51(66)27-39(58)38(57)22-21-34(54)23-35(55)24-36(56)25-42(60)68-32(4)31(3)46(62)30(2)19-17-15-13-11-9-7-8-10-12-14-16-18-20-37(26-41(44)71-51)70-50-48(64)45(52)47(63)33(5)69-50/h7-20,30-41,44-48,50,54-59,62-64,66H,6,21-29,52H2,1-5H3,(H,53,65)/b8-7-,11-9-,12-10-,15-13-,16-14-,19-17-,20-18+/t30-,31-,32-,33-,34+,35+,36+,37-,38+,39+,40-,41-,44+,45+,46+,47-,48+,50+,51+/m0/s1. The van der Waals surface area contributed by atoms with Crippen LogP contribution in [0.15, 0.2) is 85.1 Å². The number of nitrogens with one attached hydrogen (secondary N) is 1. The first-order valence-electron chi connectivity index (χ1n) is 24.5. The molecule has 3 heterocycles. The average molecular weight is 1010 g/mol. The fourth-order valence-electron chi connectivity index (χ4n) is 8.46. The molecule has 20 nitrogen and oxygen atoms in total. The van der Waals surface area contributed by atoms with Gasteiger partial charge >= 0.3 is 11.9 Å². The molecular weight excluding hydrogens is 929 g/mol. The van der Waals surface area contributed by atoms with Gasteiger partial charge in [-0.25, -0.2) is 0 Å². The number of nitrogens with two attached hydrogens (primary N) is 1. The molecule has 19 atom stereocenters. The number of hydrogen-bond acceptors (Lipinski definition) is 19. The minimum Gasteiger partial charge on any atom is -0.465 e. The number of esters is 2. The summed E-state index contributed by atoms with van der Waals surface area (Å²) in [6.07, 6.45) is 3.38. The molecule has 3 aliphatic rings. The van der Waals surface area contributed by atoms with Crippen molar-refractivity contribution in [3.05, 3.63) is 85.1 Å². The Morgan fingerprint density at radius 3 is 1.87 bits per heavy atom. The monoisotopic (exact) mass is 1010 g/mol. The number of aliphatic hydroxyl groups is 10. The number of allylic oxidation sites excluding steroid dienone is 12. The van der Waals surface area contributed by atoms with Crippen LogP contribution in [0.4, 0.5) is 0 Å². The minimum atomic E-state index is -2.38. The summed E-state index contributed by atoms with van der Waals surface area (Å²) in [5.41, 5.74) is 6.08. The number of carbonyl (C=O) groups is 3. The van der Waals surface area contributed by atoms with E-state index in [1.807, 2.05) is 13.0 Å². The van der Waals surface area contributed by atoms with Crippen molar-refractivity contribution in [2.75, 3.05) is 13.2 Å². The molecule has 402 valence electrons. The predicted molar refractivity (Wildman–Crippen MR) is 259 cm³/mol. The molecule has 71 heavy (non-hydrogen) atoms. The smallest absolute Gasteiger partial charge is 0.325 e. The van der Waals surface area contributed by atoms with Crippen molar-refractivity contribution >= 4 is 17.8 Å². The largest absolute Gasteiger partial charge is 0.465 e. The van der Waals surface area contributed by atoms with Crippen LogP contribution in [0, 0.1) is 17.8 Å². The van der Waals surface area contributed by atoms with Gasteiger partial charge in [0.1, 0.15) is 18.8 Å². The van der Waals surface area contributed by atoms with Crippen LogP contribution < -0.4 is 11.1 Å². The van der Waals surface area contributed by atoms with E-state index < -0.39 is 153 Å². The predicted octanol–water partition coefficient (Wildman–Crippen LogP) is 0.306. The van der Waals surface area contributed by atoms with Crippen LogP contribution in [0.5, 0.6) is 0 Å². The Labute approximate surface area is 416 Å². The van der Waals surface area contributed by atoms with Crippen LogP contribution in [0.3, 0.4) is 0 Å². The molecule has 0 spiro atoms. The van der Waals surface area contributed by atoms with Gasteiger partial charge in [-0.2, -0.15) is 0 Å². The quantitative estimate of drug-likeness (QED) is 0.159. The minimum absolute atomic E-state index is 0.0404. The molecule has 2 saturated heterocycles. The molecule has 0 aromatic rings. The molecule has 3 rings (SSSR count). The molecule has 0 unspecified atom stereocenters. The van der Waals surface area contributed by atoms with Gasteiger partial charge in [-0.1, -0.05) is 98.9 Å². The third-order valence-electron chi connectivity index (χ3n) is 12.8. The molecule has 3 aliphatic heterocycles. The number of ether oxygens (including phenoxy) is 5. The van der Waals surface area contributed by atoms with Crippen molar-refractivity contribution in [2.24, 2.45) is 23.5 Å². The molecule has 0 aliphatic carbocycles. The highest BCUT2D eigenvalue weighted by molar-refractivity contribution is 5.84. The number of hydrogen-bond donors (Lipinski definition) is 12. The summed E-state index contributed by atoms with van der Waals surface area (Å²) in [7, 11) is 0. The molecule has 0 aromatic heterocycles. The van der Waals surface area contributed by atoms with Crippen LogP contribution in [-0.2, 0) is 38.1 Å². The molecule has 1 amide bonds. The average Bonchev–Trinajstić information content (AvgIpc) is 3.29. The van der Waals surface area contributed by atoms with E-state index in [9.17, 15) is 65.4 Å². The van der Waals surface area contributed by atoms with Crippen molar-refractivity contribution in [2.45, 2.75) is 183 Å². The molecule has 2 bridgehead atoms. The molecule has 20 heteroatoms. The molecular formula is C51H80N2O18. The number of cyclic esters (lactones) is 1. The topological polar surface area (TPSA) is 338 Å². The van der Waals surface area contributed by atoms with Gasteiger partial charge < -0.3 is 85.8 Å². The lowest BCUT2D eigenvalue weighted by molar-refractivity contribution is -0.308. The Morgan fingerprint density at radius 1 is 0.704 bits per heavy atom. The number of fused-ring (bicyclic) bond motifs is 2. The van der Waals surface area contributed by atoms with E-state index in [0.717, 1.165) is 0 Å². The summed E-state index contributed by atoms with van der Waals surface area (Å²) >= 11 is 0. The summed E-state index contributed by atoms with van der Waals surface area (Å²) in [6, 6.07) is -1.17. The first-order chi connectivity index (χ1) is 33.5. The van der Waals surface area contributed by atoms with Crippen LogP contribution >= 0.6 is 0 Å². The van der Waals surface area contributed by atoms with E-state index in [0.29, 0.717) is 0 Å². The van der Waals surface area contributed by atoms with Gasteiger partial charge in [-0.05, 0) is 46.5 Å². The van der Waals surface area contributed by atoms with Gasteiger partial charge in [-0.3, -0.25) is 14.4 Å². The summed E-state index contributed by atoms with van der Waals surface area (Å²) < 4.78 is 28.5. The van der Waals surface area contributed by atoms with Crippen molar-refractivity contribution in [1.29, 1.82) is 0 Å². The Kier molecular flexibility index (Phi) is 26.7. The van der Waals surface area contributed by atoms with Crippen LogP contribution in [0.1, 0.15) is 86.0 Å². The van der Waals surface area contributed by atoms with Gasteiger partial charge in [0.2, 0.25) is 5.91 Å². The van der Waals surface area contributed by atoms with Crippen LogP contribution in [0.25, 0.3) is 0 Å². The second-order valence-corrected chi connectivity index (χ2v) is 18.8. The summed E-state index contributed by atoms with van der Waals surface area (Å²) in [5.74, 6) is -6.94. The molecule has 0 saturated carbocycles. The van der Waals surface area contributed by atoms with Gasteiger partial charge in [0.05, 0.1) is 92.1 Å². The first kappa shape index (κ1) is 61.3. The summed E-state index contributed by atoms with van der Waals surface area (Å²) in [6.45, 7) is 7.80. The van der Waals surface area contributed by atoms with Gasteiger partial charge in [0, 0.05) is 31.1 Å². The molecule has 0 radical (unpaired) electrons. The Hall–Kier alpha value is -3.97. The van der Waals surface area contributed by atoms with Gasteiger partial charge in [-0.15, -0.1) is 0 Å². The van der Waals surface area contributed by atoms with Gasteiger partial charge in [0.15, 0.2) is 12.1 Å². The van der Waals surface area contributed by atoms with E-state index in [2.05, 4.69) is 5.32 Å². The van der Waals surface area contributed by atoms with E-state index in [1.54, 1.807) is 93.7 Å². The maximum absolute atomic E-state index is 13.7. The maximum atomic E-state index is 13.7. The second-order valence-electron chi connectivity index (χ2n) is 18.8. The van der Waals surface area contributed by atoms with E-state index in [1.165, 1.54) is 13.0 Å². The van der Waals surface area contributed by atoms with Crippen molar-refractivity contribution in [3.8, 4) is 0 Å². The van der Waals surface area contributed by atoms with Crippen LogP contribution in [0.2, 0.25) is 0 Å². The zero-order valence-electron chi connectivity index (χ0n) is 41.4. The maximum Gasteiger partial charge on any atom is 0.325 e. The van der Waals surface area contributed by atoms with Crippen molar-refractivity contribution < 1.29 is 89.1 Å². The summed E-state index contributed by atoms with van der Waals surface area (Å²) in [5, 5.41) is 112. The highest BCUT2D eigenvalue weighted by atomic mass is 16.7. The third-order valence-corrected chi connectivity index (χ3v) is 12.8. The lowest BCUT2D eigenvalue weighted by Gasteiger charge is -2.46. The number of carbonyl (C=O) groups excluding carboxylic acids is 3. The summed E-state index contributed by atoms with van der Waals surface area (Å²) in [4.78, 5) is 38.6.